The molecule has 0 radical (unpaired) electrons. The highest BCUT2D eigenvalue weighted by atomic mass is 35.5. The van der Waals surface area contributed by atoms with Gasteiger partial charge in [0.25, 0.3) is 17.5 Å². The molecule has 0 heterocycles. The number of rotatable bonds is 7. The van der Waals surface area contributed by atoms with Crippen LogP contribution in [0.4, 0.5) is 17.1 Å². The first-order valence-electron chi connectivity index (χ1n) is 9.21. The highest BCUT2D eigenvalue weighted by Crippen LogP contribution is 2.32. The second kappa shape index (κ2) is 8.48. The quantitative estimate of drug-likeness (QED) is 0.462. The van der Waals surface area contributed by atoms with Crippen LogP contribution < -0.4 is 16.0 Å². The van der Waals surface area contributed by atoms with Crippen LogP contribution in [0.2, 0.25) is 5.02 Å². The largest absolute Gasteiger partial charge is 0.377 e. The Hall–Kier alpha value is -3.13. The first kappa shape index (κ1) is 20.6. The van der Waals surface area contributed by atoms with E-state index in [0.717, 1.165) is 12.8 Å². The van der Waals surface area contributed by atoms with Gasteiger partial charge < -0.3 is 16.0 Å². The van der Waals surface area contributed by atoms with Crippen LogP contribution in [0.15, 0.2) is 36.4 Å². The smallest absolute Gasteiger partial charge is 0.293 e. The number of amides is 2. The van der Waals surface area contributed by atoms with Crippen LogP contribution in [0, 0.1) is 10.1 Å². The lowest BCUT2D eigenvalue weighted by atomic mass is 10.1. The molecule has 8 nitrogen and oxygen atoms in total. The summed E-state index contributed by atoms with van der Waals surface area (Å²) in [6.07, 6.45) is 1.94. The number of carbonyl (C=O) groups excluding carboxylic acids is 2. The van der Waals surface area contributed by atoms with Gasteiger partial charge in [-0.25, -0.2) is 0 Å². The zero-order chi connectivity index (χ0) is 21.1. The summed E-state index contributed by atoms with van der Waals surface area (Å²) in [6.45, 7) is 3.68. The first-order valence-corrected chi connectivity index (χ1v) is 9.59. The van der Waals surface area contributed by atoms with Crippen molar-refractivity contribution in [2.75, 3.05) is 10.6 Å². The van der Waals surface area contributed by atoms with Gasteiger partial charge >= 0.3 is 0 Å². The number of hydrogen-bond acceptors (Lipinski definition) is 5. The molecule has 152 valence electrons. The molecule has 0 spiro atoms. The Bertz CT molecular complexity index is 973. The van der Waals surface area contributed by atoms with Gasteiger partial charge in [0.1, 0.15) is 5.69 Å². The van der Waals surface area contributed by atoms with Crippen molar-refractivity contribution in [1.29, 1.82) is 0 Å². The van der Waals surface area contributed by atoms with E-state index in [1.807, 2.05) is 13.8 Å². The third-order valence-electron chi connectivity index (χ3n) is 4.29. The van der Waals surface area contributed by atoms with Crippen LogP contribution in [0.25, 0.3) is 0 Å². The lowest BCUT2D eigenvalue weighted by molar-refractivity contribution is -0.384. The van der Waals surface area contributed by atoms with Crippen molar-refractivity contribution in [3.63, 3.8) is 0 Å². The van der Waals surface area contributed by atoms with Crippen LogP contribution in [-0.4, -0.2) is 28.8 Å². The maximum atomic E-state index is 12.6. The van der Waals surface area contributed by atoms with Crippen LogP contribution in [0.3, 0.4) is 0 Å². The van der Waals surface area contributed by atoms with Gasteiger partial charge in [0.15, 0.2) is 0 Å². The van der Waals surface area contributed by atoms with Gasteiger partial charge in [-0.3, -0.25) is 19.7 Å². The van der Waals surface area contributed by atoms with E-state index in [4.69, 9.17) is 11.6 Å². The fraction of sp³-hybridized carbons (Fsp3) is 0.300. The molecule has 9 heteroatoms. The number of nitrogens with zero attached hydrogens (tertiary/aromatic N) is 1. The minimum atomic E-state index is -0.561. The molecule has 2 aromatic rings. The molecule has 1 aliphatic rings. The number of nitro groups is 1. The molecule has 1 aliphatic carbocycles. The van der Waals surface area contributed by atoms with E-state index in [1.54, 1.807) is 6.07 Å². The minimum absolute atomic E-state index is 0.0421. The molecule has 0 aromatic heterocycles. The number of nitro benzene ring substituents is 1. The zero-order valence-electron chi connectivity index (χ0n) is 16.0. The fourth-order valence-electron chi connectivity index (χ4n) is 2.70. The monoisotopic (exact) mass is 416 g/mol. The maximum Gasteiger partial charge on any atom is 0.293 e. The summed E-state index contributed by atoms with van der Waals surface area (Å²) in [6, 6.07) is 9.00. The maximum absolute atomic E-state index is 12.6. The fourth-order valence-corrected chi connectivity index (χ4v) is 2.86. The van der Waals surface area contributed by atoms with E-state index in [-0.39, 0.29) is 40.0 Å². The Morgan fingerprint density at radius 2 is 1.72 bits per heavy atom. The lowest BCUT2D eigenvalue weighted by Gasteiger charge is -2.12. The van der Waals surface area contributed by atoms with E-state index in [1.165, 1.54) is 30.3 Å². The van der Waals surface area contributed by atoms with Gasteiger partial charge in [0.2, 0.25) is 0 Å². The number of halogens is 1. The molecular formula is C20H21ClN4O4. The van der Waals surface area contributed by atoms with Gasteiger partial charge in [-0.15, -0.1) is 0 Å². The van der Waals surface area contributed by atoms with Crippen LogP contribution in [0.1, 0.15) is 47.4 Å². The van der Waals surface area contributed by atoms with E-state index in [0.29, 0.717) is 11.3 Å². The lowest BCUT2D eigenvalue weighted by Crippen LogP contribution is -2.30. The number of carbonyl (C=O) groups is 2. The van der Waals surface area contributed by atoms with E-state index < -0.39 is 10.8 Å². The first-order chi connectivity index (χ1) is 13.7. The molecule has 0 atom stereocenters. The average Bonchev–Trinajstić information content (AvgIpc) is 3.47. The van der Waals surface area contributed by atoms with Crippen molar-refractivity contribution < 1.29 is 14.5 Å². The Labute approximate surface area is 172 Å². The summed E-state index contributed by atoms with van der Waals surface area (Å²) < 4.78 is 0. The summed E-state index contributed by atoms with van der Waals surface area (Å²) in [7, 11) is 0. The Morgan fingerprint density at radius 3 is 2.34 bits per heavy atom. The molecule has 3 N–H and O–H groups in total. The SMILES string of the molecule is CC(C)NC(=O)c1ccc(Cl)c(NC(=O)c2ccc(NC3CC3)c([N+](=O)[O-])c2)c1. The topological polar surface area (TPSA) is 113 Å². The Morgan fingerprint density at radius 1 is 1.07 bits per heavy atom. The third kappa shape index (κ3) is 5.23. The van der Waals surface area contributed by atoms with E-state index in [9.17, 15) is 19.7 Å². The van der Waals surface area contributed by atoms with Crippen molar-refractivity contribution in [2.45, 2.75) is 38.8 Å². The molecule has 0 saturated heterocycles. The standard InChI is InChI=1S/C20H21ClN4O4/c1-11(2)22-19(26)12-3-7-15(21)17(9-12)24-20(27)13-4-8-16(23-14-5-6-14)18(10-13)25(28)29/h3-4,7-11,14,23H,5-6H2,1-2H3,(H,22,26)(H,24,27). The van der Waals surface area contributed by atoms with Crippen molar-refractivity contribution >= 4 is 40.5 Å². The molecule has 3 rings (SSSR count). The van der Waals surface area contributed by atoms with Gasteiger partial charge in [0.05, 0.1) is 15.6 Å². The summed E-state index contributed by atoms with van der Waals surface area (Å²) >= 11 is 6.14. The molecule has 1 fully saturated rings. The molecule has 0 unspecified atom stereocenters. The van der Waals surface area contributed by atoms with Crippen molar-refractivity contribution in [3.05, 3.63) is 62.7 Å². The number of nitrogens with one attached hydrogen (secondary N) is 3. The molecule has 2 aromatic carbocycles. The van der Waals surface area contributed by atoms with E-state index >= 15 is 0 Å². The minimum Gasteiger partial charge on any atom is -0.377 e. The van der Waals surface area contributed by atoms with Gasteiger partial charge in [0, 0.05) is 29.3 Å². The second-order valence-corrected chi connectivity index (χ2v) is 7.59. The third-order valence-corrected chi connectivity index (χ3v) is 4.62. The summed E-state index contributed by atoms with van der Waals surface area (Å²) in [5, 5.41) is 20.1. The van der Waals surface area contributed by atoms with Gasteiger partial charge in [-0.2, -0.15) is 0 Å². The van der Waals surface area contributed by atoms with Gasteiger partial charge in [-0.1, -0.05) is 11.6 Å². The molecule has 2 amide bonds. The highest BCUT2D eigenvalue weighted by Gasteiger charge is 2.25. The number of anilines is 2. The molecule has 29 heavy (non-hydrogen) atoms. The molecule has 0 aliphatic heterocycles. The predicted molar refractivity (Wildman–Crippen MR) is 112 cm³/mol. The van der Waals surface area contributed by atoms with Crippen molar-refractivity contribution in [2.24, 2.45) is 0 Å². The number of hydrogen-bond donors (Lipinski definition) is 3. The van der Waals surface area contributed by atoms with Crippen LogP contribution >= 0.6 is 11.6 Å². The zero-order valence-corrected chi connectivity index (χ0v) is 16.7. The summed E-state index contributed by atoms with van der Waals surface area (Å²) in [5.41, 5.74) is 0.926. The Balaban J connectivity index is 1.81. The number of benzene rings is 2. The van der Waals surface area contributed by atoms with Crippen molar-refractivity contribution in [3.8, 4) is 0 Å². The normalized spacial score (nSPS) is 13.1. The summed E-state index contributed by atoms with van der Waals surface area (Å²) in [5.74, 6) is -0.854. The molecule has 1 saturated carbocycles. The summed E-state index contributed by atoms with van der Waals surface area (Å²) in [4.78, 5) is 35.7. The highest BCUT2D eigenvalue weighted by molar-refractivity contribution is 6.34. The van der Waals surface area contributed by atoms with Gasteiger partial charge in [-0.05, 0) is 57.0 Å². The average molecular weight is 417 g/mol. The molecule has 0 bridgehead atoms. The van der Waals surface area contributed by atoms with Crippen LogP contribution in [0.5, 0.6) is 0 Å². The predicted octanol–water partition coefficient (Wildman–Crippen LogP) is 4.21. The Kier molecular flexibility index (Phi) is 6.03. The van der Waals surface area contributed by atoms with Crippen molar-refractivity contribution in [1.82, 2.24) is 5.32 Å². The van der Waals surface area contributed by atoms with Crippen LogP contribution in [-0.2, 0) is 0 Å². The van der Waals surface area contributed by atoms with E-state index in [2.05, 4.69) is 16.0 Å². The second-order valence-electron chi connectivity index (χ2n) is 7.18. The molecular weight excluding hydrogens is 396 g/mol.